The Morgan fingerprint density at radius 1 is 0.879 bits per heavy atom. The molecule has 0 fully saturated rings. The van der Waals surface area contributed by atoms with Crippen molar-refractivity contribution in [3.05, 3.63) is 107 Å². The first-order chi connectivity index (χ1) is 15.8. The number of benzene rings is 3. The number of carbonyl (C=O) groups excluding carboxylic acids is 1. The van der Waals surface area contributed by atoms with Gasteiger partial charge in [-0.3, -0.25) is 10.1 Å². The molecule has 0 saturated carbocycles. The maximum atomic E-state index is 13.2. The summed E-state index contributed by atoms with van der Waals surface area (Å²) < 4.78 is 28.9. The summed E-state index contributed by atoms with van der Waals surface area (Å²) in [5, 5.41) is 10.4. The lowest BCUT2D eigenvalue weighted by Gasteiger charge is -2.19. The fourth-order valence-corrected chi connectivity index (χ4v) is 5.51. The fourth-order valence-electron chi connectivity index (χ4n) is 3.39. The number of aryl methyl sites for hydroxylation is 2. The highest BCUT2D eigenvalue weighted by Gasteiger charge is 2.27. The van der Waals surface area contributed by atoms with Crippen molar-refractivity contribution in [2.45, 2.75) is 24.2 Å². The molecule has 1 amide bonds. The molecule has 1 aromatic heterocycles. The summed E-state index contributed by atoms with van der Waals surface area (Å²) in [6, 6.07) is 23.5. The van der Waals surface area contributed by atoms with Crippen molar-refractivity contribution in [2.24, 2.45) is 0 Å². The molecule has 7 nitrogen and oxygen atoms in total. The number of hydrogen-bond acceptors (Lipinski definition) is 6. The van der Waals surface area contributed by atoms with E-state index in [1.165, 1.54) is 0 Å². The molecule has 0 aliphatic carbocycles. The molecule has 0 aliphatic rings. The minimum atomic E-state index is -4.01. The molecule has 0 bridgehead atoms. The molecule has 0 spiro atoms. The van der Waals surface area contributed by atoms with Crippen LogP contribution in [0, 0.1) is 13.8 Å². The molecule has 2 N–H and O–H groups in total. The average Bonchev–Trinajstić information content (AvgIpc) is 3.28. The van der Waals surface area contributed by atoms with Crippen LogP contribution in [0.1, 0.15) is 38.7 Å². The minimum Gasteiger partial charge on any atom is -0.296 e. The maximum absolute atomic E-state index is 13.2. The Hall–Kier alpha value is -3.40. The van der Waals surface area contributed by atoms with Crippen LogP contribution in [-0.4, -0.2) is 24.5 Å². The van der Waals surface area contributed by atoms with E-state index in [9.17, 15) is 13.2 Å². The van der Waals surface area contributed by atoms with Crippen molar-refractivity contribution < 1.29 is 13.2 Å². The Bertz CT molecular complexity index is 1390. The number of aromatic nitrogens is 2. The largest absolute Gasteiger partial charge is 0.296 e. The van der Waals surface area contributed by atoms with Crippen molar-refractivity contribution in [3.63, 3.8) is 0 Å². The van der Waals surface area contributed by atoms with E-state index < -0.39 is 16.1 Å². The van der Waals surface area contributed by atoms with Gasteiger partial charge in [0.05, 0.1) is 6.04 Å². The molecule has 0 radical (unpaired) electrons. The number of amides is 1. The van der Waals surface area contributed by atoms with Crippen molar-refractivity contribution in [1.82, 2.24) is 14.9 Å². The van der Waals surface area contributed by atoms with Gasteiger partial charge in [-0.2, -0.15) is 4.72 Å². The predicted octanol–water partition coefficient (Wildman–Crippen LogP) is 4.48. The van der Waals surface area contributed by atoms with Crippen molar-refractivity contribution in [3.8, 4) is 0 Å². The Balaban J connectivity index is 1.59. The molecule has 9 heteroatoms. The molecule has 168 valence electrons. The molecule has 0 saturated heterocycles. The second-order valence-corrected chi connectivity index (χ2v) is 10.4. The third-order valence-corrected chi connectivity index (χ3v) is 7.66. The summed E-state index contributed by atoms with van der Waals surface area (Å²) in [7, 11) is -4.01. The van der Waals surface area contributed by atoms with Crippen LogP contribution in [-0.2, 0) is 10.0 Å². The maximum Gasteiger partial charge on any atom is 0.270 e. The molecular weight excluding hydrogens is 456 g/mol. The smallest absolute Gasteiger partial charge is 0.270 e. The van der Waals surface area contributed by atoms with E-state index in [2.05, 4.69) is 20.2 Å². The summed E-state index contributed by atoms with van der Waals surface area (Å²) in [6.45, 7) is 3.78. The van der Waals surface area contributed by atoms with Crippen LogP contribution in [0.25, 0.3) is 0 Å². The van der Waals surface area contributed by atoms with Gasteiger partial charge in [0.15, 0.2) is 0 Å². The Labute approximate surface area is 196 Å². The zero-order valence-corrected chi connectivity index (χ0v) is 19.7. The lowest BCUT2D eigenvalue weighted by atomic mass is 9.98. The van der Waals surface area contributed by atoms with Gasteiger partial charge in [0.2, 0.25) is 9.47 Å². The van der Waals surface area contributed by atoms with Gasteiger partial charge in [0.25, 0.3) is 15.9 Å². The summed E-state index contributed by atoms with van der Waals surface area (Å²) in [5.74, 6) is -0.372. The molecule has 3 aromatic carbocycles. The van der Waals surface area contributed by atoms with Gasteiger partial charge in [0.1, 0.15) is 0 Å². The fraction of sp³-hybridized carbons (Fsp3) is 0.125. The average molecular weight is 479 g/mol. The highest BCUT2D eigenvalue weighted by Crippen LogP contribution is 2.27. The van der Waals surface area contributed by atoms with Gasteiger partial charge < -0.3 is 0 Å². The van der Waals surface area contributed by atoms with Gasteiger partial charge in [-0.05, 0) is 36.6 Å². The van der Waals surface area contributed by atoms with Gasteiger partial charge in [0, 0.05) is 5.56 Å². The van der Waals surface area contributed by atoms with Crippen LogP contribution in [0.3, 0.4) is 0 Å². The van der Waals surface area contributed by atoms with Crippen molar-refractivity contribution in [1.29, 1.82) is 0 Å². The quantitative estimate of drug-likeness (QED) is 0.382. The van der Waals surface area contributed by atoms with E-state index in [4.69, 9.17) is 0 Å². The van der Waals surface area contributed by atoms with E-state index in [1.54, 1.807) is 12.1 Å². The molecule has 0 aliphatic heterocycles. The van der Waals surface area contributed by atoms with Crippen LogP contribution in [0.5, 0.6) is 0 Å². The third-order valence-electron chi connectivity index (χ3n) is 5.03. The number of nitrogens with one attached hydrogen (secondary N) is 2. The zero-order chi connectivity index (χ0) is 23.4. The van der Waals surface area contributed by atoms with Crippen LogP contribution in [0.15, 0.2) is 83.2 Å². The Morgan fingerprint density at radius 2 is 1.58 bits per heavy atom. The second kappa shape index (κ2) is 9.62. The van der Waals surface area contributed by atoms with Crippen LogP contribution in [0.2, 0.25) is 0 Å². The van der Waals surface area contributed by atoms with E-state index >= 15 is 0 Å². The lowest BCUT2D eigenvalue weighted by Crippen LogP contribution is -2.29. The van der Waals surface area contributed by atoms with Gasteiger partial charge >= 0.3 is 0 Å². The van der Waals surface area contributed by atoms with E-state index in [0.29, 0.717) is 5.56 Å². The number of hydrogen-bond donors (Lipinski definition) is 2. The van der Waals surface area contributed by atoms with E-state index in [-0.39, 0.29) is 15.4 Å². The molecule has 1 atom stereocenters. The minimum absolute atomic E-state index is 0.107. The summed E-state index contributed by atoms with van der Waals surface area (Å²) >= 11 is 0.800. The highest BCUT2D eigenvalue weighted by atomic mass is 32.2. The van der Waals surface area contributed by atoms with Crippen molar-refractivity contribution >= 4 is 32.4 Å². The molecule has 4 rings (SSSR count). The first-order valence-electron chi connectivity index (χ1n) is 10.2. The second-order valence-electron chi connectivity index (χ2n) is 7.52. The zero-order valence-electron chi connectivity index (χ0n) is 18.0. The van der Waals surface area contributed by atoms with Crippen LogP contribution >= 0.6 is 11.3 Å². The van der Waals surface area contributed by atoms with Crippen LogP contribution < -0.4 is 10.0 Å². The monoisotopic (exact) mass is 478 g/mol. The van der Waals surface area contributed by atoms with Gasteiger partial charge in [-0.25, -0.2) is 8.42 Å². The number of rotatable bonds is 7. The van der Waals surface area contributed by atoms with E-state index in [1.807, 2.05) is 80.6 Å². The third kappa shape index (κ3) is 5.33. The number of sulfonamides is 1. The SMILES string of the molecule is Cc1cccc([C@@H](NS(=O)(=O)c2nnc(NC(=O)c3ccccc3C)s2)c2ccccc2)c1. The number of carbonyl (C=O) groups is 1. The number of anilines is 1. The van der Waals surface area contributed by atoms with Crippen molar-refractivity contribution in [2.75, 3.05) is 5.32 Å². The van der Waals surface area contributed by atoms with Crippen LogP contribution in [0.4, 0.5) is 5.13 Å². The molecule has 0 unspecified atom stereocenters. The molecule has 4 aromatic rings. The predicted molar refractivity (Wildman–Crippen MR) is 129 cm³/mol. The van der Waals surface area contributed by atoms with E-state index in [0.717, 1.165) is 33.6 Å². The molecule has 33 heavy (non-hydrogen) atoms. The molecular formula is C24H22N4O3S2. The Morgan fingerprint density at radius 3 is 2.30 bits per heavy atom. The summed E-state index contributed by atoms with van der Waals surface area (Å²) in [6.07, 6.45) is 0. The topological polar surface area (TPSA) is 101 Å². The Kier molecular flexibility index (Phi) is 6.64. The summed E-state index contributed by atoms with van der Waals surface area (Å²) in [4.78, 5) is 12.5. The normalized spacial score (nSPS) is 12.3. The molecule has 1 heterocycles. The first kappa shape index (κ1) is 22.8. The summed E-state index contributed by atoms with van der Waals surface area (Å²) in [5.41, 5.74) is 3.91. The number of nitrogens with zero attached hydrogens (tertiary/aromatic N) is 2. The first-order valence-corrected chi connectivity index (χ1v) is 12.5. The standard InChI is InChI=1S/C24H22N4O3S2/c1-16-9-8-13-19(15-16)21(18-11-4-3-5-12-18)28-33(30,31)24-27-26-23(32-24)25-22(29)20-14-7-6-10-17(20)2/h3-15,21,28H,1-2H3,(H,25,26,29)/t21-/m0/s1. The highest BCUT2D eigenvalue weighted by molar-refractivity contribution is 7.91. The van der Waals surface area contributed by atoms with Gasteiger partial charge in [-0.1, -0.05) is 89.7 Å². The van der Waals surface area contributed by atoms with Gasteiger partial charge in [-0.15, -0.1) is 10.2 Å². The lowest BCUT2D eigenvalue weighted by molar-refractivity contribution is 0.102.